The topological polar surface area (TPSA) is 43.9 Å². The first-order valence-corrected chi connectivity index (χ1v) is 8.03. The quantitative estimate of drug-likeness (QED) is 0.833. The fourth-order valence-electron chi connectivity index (χ4n) is 3.28. The molecule has 2 heterocycles. The maximum atomic E-state index is 13.7. The van der Waals surface area contributed by atoms with Gasteiger partial charge in [-0.15, -0.1) is 0 Å². The molecule has 5 nitrogen and oxygen atoms in total. The fourth-order valence-corrected chi connectivity index (χ4v) is 3.28. The molecule has 1 aromatic rings. The smallest absolute Gasteiger partial charge is 0.228 e. The van der Waals surface area contributed by atoms with Gasteiger partial charge in [0.05, 0.1) is 5.92 Å². The first-order chi connectivity index (χ1) is 11.0. The van der Waals surface area contributed by atoms with Crippen molar-refractivity contribution < 1.29 is 14.0 Å². The van der Waals surface area contributed by atoms with Gasteiger partial charge in [-0.3, -0.25) is 14.5 Å². The van der Waals surface area contributed by atoms with E-state index in [2.05, 4.69) is 4.90 Å². The summed E-state index contributed by atoms with van der Waals surface area (Å²) in [5, 5.41) is 0. The molecular formula is C17H22FN3O2. The van der Waals surface area contributed by atoms with Crippen LogP contribution in [-0.4, -0.2) is 66.3 Å². The third kappa shape index (κ3) is 3.52. The SMILES string of the molecule is CN1C[C@H](C(=O)N2CCN(Cc3ccccc3F)CC2)CC1=O. The molecule has 0 saturated carbocycles. The zero-order chi connectivity index (χ0) is 16.4. The molecule has 124 valence electrons. The lowest BCUT2D eigenvalue weighted by Crippen LogP contribution is -2.50. The van der Waals surface area contributed by atoms with Crippen LogP contribution in [0.5, 0.6) is 0 Å². The van der Waals surface area contributed by atoms with Crippen LogP contribution in [0.15, 0.2) is 24.3 Å². The summed E-state index contributed by atoms with van der Waals surface area (Å²) in [5.41, 5.74) is 0.690. The molecule has 2 fully saturated rings. The van der Waals surface area contributed by atoms with Crippen LogP contribution in [0.25, 0.3) is 0 Å². The molecule has 0 N–H and O–H groups in total. The Morgan fingerprint density at radius 1 is 1.22 bits per heavy atom. The number of hydrogen-bond donors (Lipinski definition) is 0. The molecule has 2 aliphatic heterocycles. The molecule has 0 spiro atoms. The van der Waals surface area contributed by atoms with Crippen molar-refractivity contribution in [1.82, 2.24) is 14.7 Å². The van der Waals surface area contributed by atoms with Gasteiger partial charge in [-0.1, -0.05) is 18.2 Å². The Bertz CT molecular complexity index is 599. The van der Waals surface area contributed by atoms with E-state index in [9.17, 15) is 14.0 Å². The molecule has 6 heteroatoms. The second kappa shape index (κ2) is 6.66. The maximum Gasteiger partial charge on any atom is 0.228 e. The minimum absolute atomic E-state index is 0.0431. The molecule has 0 unspecified atom stereocenters. The molecule has 1 aromatic carbocycles. The average molecular weight is 319 g/mol. The van der Waals surface area contributed by atoms with Gasteiger partial charge in [-0.2, -0.15) is 0 Å². The van der Waals surface area contributed by atoms with Gasteiger partial charge in [0.15, 0.2) is 0 Å². The van der Waals surface area contributed by atoms with Crippen molar-refractivity contribution in [3.8, 4) is 0 Å². The van der Waals surface area contributed by atoms with Crippen molar-refractivity contribution in [1.29, 1.82) is 0 Å². The van der Waals surface area contributed by atoms with Crippen LogP contribution in [0, 0.1) is 11.7 Å². The van der Waals surface area contributed by atoms with E-state index in [1.807, 2.05) is 11.0 Å². The molecule has 0 radical (unpaired) electrons. The van der Waals surface area contributed by atoms with Crippen molar-refractivity contribution in [2.24, 2.45) is 5.92 Å². The van der Waals surface area contributed by atoms with Crippen LogP contribution in [0.2, 0.25) is 0 Å². The number of piperazine rings is 1. The van der Waals surface area contributed by atoms with Crippen molar-refractivity contribution >= 4 is 11.8 Å². The molecular weight excluding hydrogens is 297 g/mol. The van der Waals surface area contributed by atoms with Gasteiger partial charge < -0.3 is 9.80 Å². The number of amides is 2. The van der Waals surface area contributed by atoms with Gasteiger partial charge in [-0.25, -0.2) is 4.39 Å². The second-order valence-electron chi connectivity index (χ2n) is 6.37. The Kier molecular flexibility index (Phi) is 4.61. The monoisotopic (exact) mass is 319 g/mol. The molecule has 2 aliphatic rings. The highest BCUT2D eigenvalue weighted by molar-refractivity contribution is 5.89. The molecule has 3 rings (SSSR count). The Balaban J connectivity index is 1.51. The minimum atomic E-state index is -0.203. The van der Waals surface area contributed by atoms with Gasteiger partial charge >= 0.3 is 0 Å². The van der Waals surface area contributed by atoms with E-state index in [-0.39, 0.29) is 23.5 Å². The molecule has 23 heavy (non-hydrogen) atoms. The molecule has 0 aromatic heterocycles. The van der Waals surface area contributed by atoms with Crippen LogP contribution < -0.4 is 0 Å². The number of carbonyl (C=O) groups excluding carboxylic acids is 2. The zero-order valence-corrected chi connectivity index (χ0v) is 13.4. The van der Waals surface area contributed by atoms with Gasteiger partial charge in [0, 0.05) is 58.3 Å². The lowest BCUT2D eigenvalue weighted by molar-refractivity contribution is -0.137. The Hall–Kier alpha value is -1.95. The standard InChI is InChI=1S/C17H22FN3O2/c1-19-11-14(10-16(19)22)17(23)21-8-6-20(7-9-21)12-13-4-2-3-5-15(13)18/h2-5,14H,6-12H2,1H3/t14-/m1/s1. The number of carbonyl (C=O) groups is 2. The summed E-state index contributed by atoms with van der Waals surface area (Å²) in [7, 11) is 1.74. The lowest BCUT2D eigenvalue weighted by Gasteiger charge is -2.35. The Labute approximate surface area is 135 Å². The molecule has 2 amide bonds. The minimum Gasteiger partial charge on any atom is -0.345 e. The van der Waals surface area contributed by atoms with E-state index in [1.54, 1.807) is 24.1 Å². The van der Waals surface area contributed by atoms with E-state index in [0.29, 0.717) is 38.2 Å². The van der Waals surface area contributed by atoms with Crippen LogP contribution in [-0.2, 0) is 16.1 Å². The highest BCUT2D eigenvalue weighted by atomic mass is 19.1. The molecule has 0 bridgehead atoms. The number of hydrogen-bond acceptors (Lipinski definition) is 3. The molecule has 0 aliphatic carbocycles. The predicted molar refractivity (Wildman–Crippen MR) is 84.0 cm³/mol. The van der Waals surface area contributed by atoms with Crippen molar-refractivity contribution in [2.75, 3.05) is 39.8 Å². The number of rotatable bonds is 3. The van der Waals surface area contributed by atoms with E-state index >= 15 is 0 Å². The zero-order valence-electron chi connectivity index (χ0n) is 13.4. The van der Waals surface area contributed by atoms with Crippen molar-refractivity contribution in [2.45, 2.75) is 13.0 Å². The first-order valence-electron chi connectivity index (χ1n) is 8.03. The van der Waals surface area contributed by atoms with Crippen LogP contribution >= 0.6 is 0 Å². The molecule has 1 atom stereocenters. The van der Waals surface area contributed by atoms with E-state index in [4.69, 9.17) is 0 Å². The van der Waals surface area contributed by atoms with Gasteiger partial charge in [0.25, 0.3) is 0 Å². The molecule has 2 saturated heterocycles. The van der Waals surface area contributed by atoms with Gasteiger partial charge in [0.1, 0.15) is 5.82 Å². The normalized spacial score (nSPS) is 22.7. The Morgan fingerprint density at radius 3 is 2.52 bits per heavy atom. The van der Waals surface area contributed by atoms with Crippen molar-refractivity contribution in [3.63, 3.8) is 0 Å². The summed E-state index contributed by atoms with van der Waals surface area (Å²) >= 11 is 0. The summed E-state index contributed by atoms with van der Waals surface area (Å²) in [4.78, 5) is 29.7. The second-order valence-corrected chi connectivity index (χ2v) is 6.37. The number of halogens is 1. The Morgan fingerprint density at radius 2 is 1.91 bits per heavy atom. The third-order valence-corrected chi connectivity index (χ3v) is 4.73. The highest BCUT2D eigenvalue weighted by Crippen LogP contribution is 2.20. The highest BCUT2D eigenvalue weighted by Gasteiger charge is 2.35. The fraction of sp³-hybridized carbons (Fsp3) is 0.529. The summed E-state index contributed by atoms with van der Waals surface area (Å²) < 4.78 is 13.7. The van der Waals surface area contributed by atoms with E-state index in [1.165, 1.54) is 6.07 Å². The maximum absolute atomic E-state index is 13.7. The average Bonchev–Trinajstić information content (AvgIpc) is 2.89. The summed E-state index contributed by atoms with van der Waals surface area (Å²) in [6.45, 7) is 3.84. The number of benzene rings is 1. The largest absolute Gasteiger partial charge is 0.345 e. The summed E-state index contributed by atoms with van der Waals surface area (Å²) in [6, 6.07) is 6.80. The first kappa shape index (κ1) is 15.9. The van der Waals surface area contributed by atoms with Gasteiger partial charge in [0.2, 0.25) is 11.8 Å². The van der Waals surface area contributed by atoms with Crippen LogP contribution in [0.4, 0.5) is 4.39 Å². The third-order valence-electron chi connectivity index (χ3n) is 4.73. The van der Waals surface area contributed by atoms with E-state index < -0.39 is 0 Å². The summed E-state index contributed by atoms with van der Waals surface area (Å²) in [5.74, 6) is -0.265. The van der Waals surface area contributed by atoms with Gasteiger partial charge in [-0.05, 0) is 6.07 Å². The van der Waals surface area contributed by atoms with Crippen LogP contribution in [0.3, 0.4) is 0 Å². The lowest BCUT2D eigenvalue weighted by atomic mass is 10.1. The van der Waals surface area contributed by atoms with E-state index in [0.717, 1.165) is 13.1 Å². The summed E-state index contributed by atoms with van der Waals surface area (Å²) in [6.07, 6.45) is 0.324. The number of nitrogens with zero attached hydrogens (tertiary/aromatic N) is 3. The van der Waals surface area contributed by atoms with Crippen molar-refractivity contribution in [3.05, 3.63) is 35.6 Å². The van der Waals surface area contributed by atoms with Crippen LogP contribution in [0.1, 0.15) is 12.0 Å². The predicted octanol–water partition coefficient (Wildman–Crippen LogP) is 0.948. The number of likely N-dealkylation sites (tertiary alicyclic amines) is 1.